The summed E-state index contributed by atoms with van der Waals surface area (Å²) in [5, 5.41) is 0. The number of rotatable bonds is 4. The standard InChI is InChI=1S/C17H24BrN3/c1-17(2,3)10-12(19)9-16-20-14-8-11(18)4-7-15(14)21(16)13-5-6-13/h4,7-8,12-13H,5-6,9-10,19H2,1-3H3. The van der Waals surface area contributed by atoms with Gasteiger partial charge in [0, 0.05) is 23.0 Å². The minimum Gasteiger partial charge on any atom is -0.327 e. The zero-order valence-electron chi connectivity index (χ0n) is 13.1. The minimum atomic E-state index is 0.169. The van der Waals surface area contributed by atoms with Crippen LogP contribution in [0.1, 0.15) is 51.9 Å². The highest BCUT2D eigenvalue weighted by Crippen LogP contribution is 2.39. The molecule has 0 aliphatic heterocycles. The van der Waals surface area contributed by atoms with Gasteiger partial charge in [-0.15, -0.1) is 0 Å². The Balaban J connectivity index is 1.92. The maximum absolute atomic E-state index is 6.37. The smallest absolute Gasteiger partial charge is 0.111 e. The Hall–Kier alpha value is -0.870. The molecule has 4 heteroatoms. The molecular formula is C17H24BrN3. The number of aromatic nitrogens is 2. The van der Waals surface area contributed by atoms with Gasteiger partial charge >= 0.3 is 0 Å². The third-order valence-corrected chi connectivity index (χ3v) is 4.45. The molecule has 2 N–H and O–H groups in total. The molecule has 3 rings (SSSR count). The lowest BCUT2D eigenvalue weighted by Gasteiger charge is -2.23. The Morgan fingerprint density at radius 1 is 1.38 bits per heavy atom. The monoisotopic (exact) mass is 349 g/mol. The van der Waals surface area contributed by atoms with Crippen LogP contribution in [0.15, 0.2) is 22.7 Å². The number of imidazole rings is 1. The Morgan fingerprint density at radius 3 is 2.71 bits per heavy atom. The molecule has 1 fully saturated rings. The zero-order valence-corrected chi connectivity index (χ0v) is 14.7. The van der Waals surface area contributed by atoms with E-state index < -0.39 is 0 Å². The number of hydrogen-bond acceptors (Lipinski definition) is 2. The van der Waals surface area contributed by atoms with E-state index in [-0.39, 0.29) is 11.5 Å². The van der Waals surface area contributed by atoms with Crippen LogP contribution in [0.4, 0.5) is 0 Å². The molecule has 1 saturated carbocycles. The summed E-state index contributed by atoms with van der Waals surface area (Å²) in [6.45, 7) is 6.73. The number of fused-ring (bicyclic) bond motifs is 1. The summed E-state index contributed by atoms with van der Waals surface area (Å²) in [5.74, 6) is 1.15. The summed E-state index contributed by atoms with van der Waals surface area (Å²) in [6, 6.07) is 7.17. The molecular weight excluding hydrogens is 326 g/mol. The van der Waals surface area contributed by atoms with E-state index in [1.807, 2.05) is 0 Å². The molecule has 2 aromatic rings. The van der Waals surface area contributed by atoms with Gasteiger partial charge in [0.1, 0.15) is 5.82 Å². The fourth-order valence-electron chi connectivity index (χ4n) is 3.10. The predicted octanol–water partition coefficient (Wildman–Crippen LogP) is 4.44. The fraction of sp³-hybridized carbons (Fsp3) is 0.588. The molecule has 1 atom stereocenters. The van der Waals surface area contributed by atoms with Crippen LogP contribution in [0, 0.1) is 5.41 Å². The molecule has 0 saturated heterocycles. The van der Waals surface area contributed by atoms with Crippen molar-refractivity contribution in [2.75, 3.05) is 0 Å². The van der Waals surface area contributed by atoms with Crippen LogP contribution in [0.25, 0.3) is 11.0 Å². The molecule has 1 heterocycles. The van der Waals surface area contributed by atoms with Crippen molar-refractivity contribution in [2.24, 2.45) is 11.1 Å². The average Bonchev–Trinajstić information content (AvgIpc) is 3.09. The summed E-state index contributed by atoms with van der Waals surface area (Å²) in [6.07, 6.45) is 4.41. The molecule has 1 aliphatic rings. The highest BCUT2D eigenvalue weighted by Gasteiger charge is 2.29. The summed E-state index contributed by atoms with van der Waals surface area (Å²) >= 11 is 3.54. The fourth-order valence-corrected chi connectivity index (χ4v) is 3.45. The molecule has 1 aliphatic carbocycles. The number of benzene rings is 1. The Labute approximate surface area is 135 Å². The van der Waals surface area contributed by atoms with E-state index >= 15 is 0 Å². The maximum atomic E-state index is 6.37. The van der Waals surface area contributed by atoms with Gasteiger partial charge in [-0.3, -0.25) is 0 Å². The van der Waals surface area contributed by atoms with Gasteiger partial charge in [-0.2, -0.15) is 0 Å². The van der Waals surface area contributed by atoms with E-state index in [1.54, 1.807) is 0 Å². The molecule has 3 nitrogen and oxygen atoms in total. The van der Waals surface area contributed by atoms with E-state index in [1.165, 1.54) is 18.4 Å². The van der Waals surface area contributed by atoms with Crippen molar-refractivity contribution >= 4 is 27.0 Å². The first-order valence-electron chi connectivity index (χ1n) is 7.75. The largest absolute Gasteiger partial charge is 0.327 e. The lowest BCUT2D eigenvalue weighted by atomic mass is 9.87. The van der Waals surface area contributed by atoms with Crippen molar-refractivity contribution in [3.63, 3.8) is 0 Å². The first-order valence-corrected chi connectivity index (χ1v) is 8.55. The van der Waals surface area contributed by atoms with Crippen molar-refractivity contribution in [3.05, 3.63) is 28.5 Å². The molecule has 1 aromatic carbocycles. The third-order valence-electron chi connectivity index (χ3n) is 3.96. The van der Waals surface area contributed by atoms with Crippen LogP contribution >= 0.6 is 15.9 Å². The summed E-state index contributed by atoms with van der Waals surface area (Å²) < 4.78 is 3.51. The molecule has 0 bridgehead atoms. The number of halogens is 1. The zero-order chi connectivity index (χ0) is 15.2. The summed E-state index contributed by atoms with van der Waals surface area (Å²) in [7, 11) is 0. The number of nitrogens with zero attached hydrogens (tertiary/aromatic N) is 2. The van der Waals surface area contributed by atoms with E-state index in [0.29, 0.717) is 6.04 Å². The Bertz CT molecular complexity index is 650. The maximum Gasteiger partial charge on any atom is 0.111 e. The average molecular weight is 350 g/mol. The van der Waals surface area contributed by atoms with Crippen molar-refractivity contribution in [2.45, 2.75) is 58.5 Å². The van der Waals surface area contributed by atoms with Crippen LogP contribution in [0.3, 0.4) is 0 Å². The van der Waals surface area contributed by atoms with Crippen molar-refractivity contribution in [1.82, 2.24) is 9.55 Å². The minimum absolute atomic E-state index is 0.169. The highest BCUT2D eigenvalue weighted by atomic mass is 79.9. The van der Waals surface area contributed by atoms with Crippen molar-refractivity contribution < 1.29 is 0 Å². The van der Waals surface area contributed by atoms with E-state index in [2.05, 4.69) is 59.5 Å². The molecule has 114 valence electrons. The molecule has 1 unspecified atom stereocenters. The Kier molecular flexibility index (Phi) is 3.87. The van der Waals surface area contributed by atoms with Crippen LogP contribution < -0.4 is 5.73 Å². The van der Waals surface area contributed by atoms with Gasteiger partial charge in [-0.25, -0.2) is 4.98 Å². The van der Waals surface area contributed by atoms with Gasteiger partial charge in [-0.1, -0.05) is 36.7 Å². The van der Waals surface area contributed by atoms with Crippen LogP contribution in [0.2, 0.25) is 0 Å². The quantitative estimate of drug-likeness (QED) is 0.886. The second-order valence-electron chi connectivity index (χ2n) is 7.49. The van der Waals surface area contributed by atoms with Gasteiger partial charge in [0.2, 0.25) is 0 Å². The van der Waals surface area contributed by atoms with Crippen LogP contribution in [-0.2, 0) is 6.42 Å². The topological polar surface area (TPSA) is 43.8 Å². The van der Waals surface area contributed by atoms with Crippen molar-refractivity contribution in [3.8, 4) is 0 Å². The molecule has 0 amide bonds. The van der Waals surface area contributed by atoms with E-state index in [4.69, 9.17) is 10.7 Å². The van der Waals surface area contributed by atoms with Crippen molar-refractivity contribution in [1.29, 1.82) is 0 Å². The molecule has 0 radical (unpaired) electrons. The lowest BCUT2D eigenvalue weighted by molar-refractivity contribution is 0.335. The van der Waals surface area contributed by atoms with Crippen LogP contribution in [-0.4, -0.2) is 15.6 Å². The molecule has 1 aromatic heterocycles. The summed E-state index contributed by atoms with van der Waals surface area (Å²) in [5.41, 5.74) is 8.96. The highest BCUT2D eigenvalue weighted by molar-refractivity contribution is 9.10. The second kappa shape index (κ2) is 5.40. The first-order chi connectivity index (χ1) is 9.83. The molecule has 21 heavy (non-hydrogen) atoms. The number of hydrogen-bond donors (Lipinski definition) is 1. The van der Waals surface area contributed by atoms with Gasteiger partial charge in [0.25, 0.3) is 0 Å². The summed E-state index contributed by atoms with van der Waals surface area (Å²) in [4.78, 5) is 4.86. The predicted molar refractivity (Wildman–Crippen MR) is 91.5 cm³/mol. The van der Waals surface area contributed by atoms with Gasteiger partial charge < -0.3 is 10.3 Å². The molecule has 0 spiro atoms. The lowest BCUT2D eigenvalue weighted by Crippen LogP contribution is -2.29. The van der Waals surface area contributed by atoms with Crippen LogP contribution in [0.5, 0.6) is 0 Å². The van der Waals surface area contributed by atoms with E-state index in [9.17, 15) is 0 Å². The van der Waals surface area contributed by atoms with E-state index in [0.717, 1.165) is 28.7 Å². The number of nitrogens with two attached hydrogens (primary N) is 1. The second-order valence-corrected chi connectivity index (χ2v) is 8.41. The SMILES string of the molecule is CC(C)(C)CC(N)Cc1nc2cc(Br)ccc2n1C1CC1. The third kappa shape index (κ3) is 3.49. The normalized spacial score (nSPS) is 17.4. The Morgan fingerprint density at radius 2 is 2.10 bits per heavy atom. The van der Waals surface area contributed by atoms with Gasteiger partial charge in [0.15, 0.2) is 0 Å². The van der Waals surface area contributed by atoms with Gasteiger partial charge in [-0.05, 0) is 42.9 Å². The van der Waals surface area contributed by atoms with Gasteiger partial charge in [0.05, 0.1) is 11.0 Å². The first kappa shape index (κ1) is 15.0.